The van der Waals surface area contributed by atoms with E-state index in [0.29, 0.717) is 22.8 Å². The lowest BCUT2D eigenvalue weighted by Gasteiger charge is -2.10. The van der Waals surface area contributed by atoms with Gasteiger partial charge in [-0.1, -0.05) is 18.2 Å². The van der Waals surface area contributed by atoms with E-state index in [4.69, 9.17) is 4.74 Å². The fraction of sp³-hybridized carbons (Fsp3) is 0.190. The summed E-state index contributed by atoms with van der Waals surface area (Å²) in [5, 5.41) is 12.6. The van der Waals surface area contributed by atoms with Crippen molar-refractivity contribution in [1.29, 1.82) is 0 Å². The smallest absolute Gasteiger partial charge is 0.257 e. The van der Waals surface area contributed by atoms with Crippen molar-refractivity contribution in [1.82, 2.24) is 10.7 Å². The fourth-order valence-corrected chi connectivity index (χ4v) is 2.78. The number of benzene rings is 2. The number of hydrogen-bond acceptors (Lipinski definition) is 6. The number of aliphatic imine (C=N–C) groups is 1. The van der Waals surface area contributed by atoms with Gasteiger partial charge >= 0.3 is 0 Å². The summed E-state index contributed by atoms with van der Waals surface area (Å²) in [6.07, 6.45) is 0.275. The first kappa shape index (κ1) is 19.9. The molecule has 3 rings (SSSR count). The molecule has 8 nitrogen and oxygen atoms in total. The highest BCUT2D eigenvalue weighted by Gasteiger charge is 2.27. The second kappa shape index (κ2) is 9.41. The summed E-state index contributed by atoms with van der Waals surface area (Å²) in [6.45, 7) is 0.0627. The van der Waals surface area contributed by atoms with Crippen molar-refractivity contribution in [3.05, 3.63) is 65.9 Å². The number of aliphatic hydroxyl groups excluding tert-OH is 1. The van der Waals surface area contributed by atoms with Gasteiger partial charge in [0.2, 0.25) is 5.91 Å². The molecule has 4 N–H and O–H groups in total. The molecule has 1 aliphatic rings. The van der Waals surface area contributed by atoms with E-state index in [-0.39, 0.29) is 36.6 Å². The van der Waals surface area contributed by atoms with E-state index in [1.807, 2.05) is 18.2 Å². The number of methoxy groups -OCH3 is 1. The molecule has 8 heteroatoms. The molecule has 1 aliphatic heterocycles. The molecule has 0 saturated carbocycles. The third kappa shape index (κ3) is 5.35. The van der Waals surface area contributed by atoms with Crippen molar-refractivity contribution in [2.45, 2.75) is 12.8 Å². The highest BCUT2D eigenvalue weighted by Crippen LogP contribution is 2.20. The molecule has 0 aliphatic carbocycles. The third-order valence-corrected chi connectivity index (χ3v) is 4.27. The average molecular weight is 394 g/mol. The Kier molecular flexibility index (Phi) is 6.47. The molecule has 0 spiro atoms. The van der Waals surface area contributed by atoms with E-state index < -0.39 is 5.91 Å². The van der Waals surface area contributed by atoms with Crippen LogP contribution < -0.4 is 20.9 Å². The number of amides is 2. The molecule has 0 atom stereocenters. The Morgan fingerprint density at radius 3 is 2.48 bits per heavy atom. The first-order chi connectivity index (χ1) is 14.1. The van der Waals surface area contributed by atoms with Gasteiger partial charge in [-0.25, -0.2) is 0 Å². The Labute approximate surface area is 168 Å². The van der Waals surface area contributed by atoms with Crippen molar-refractivity contribution in [2.24, 2.45) is 4.99 Å². The Morgan fingerprint density at radius 2 is 1.86 bits per heavy atom. The minimum Gasteiger partial charge on any atom is -0.510 e. The largest absolute Gasteiger partial charge is 0.510 e. The maximum Gasteiger partial charge on any atom is 0.257 e. The van der Waals surface area contributed by atoms with Crippen LogP contribution in [0, 0.1) is 0 Å². The Balaban J connectivity index is 1.65. The monoisotopic (exact) mass is 394 g/mol. The molecule has 0 bridgehead atoms. The maximum atomic E-state index is 12.2. The number of aliphatic hydroxyl groups is 1. The number of hydrazine groups is 1. The van der Waals surface area contributed by atoms with Crippen molar-refractivity contribution in [2.75, 3.05) is 19.1 Å². The molecule has 0 fully saturated rings. The third-order valence-electron chi connectivity index (χ3n) is 4.27. The number of carbonyl (C=O) groups is 2. The standard InChI is InChI=1S/C21H22N4O4/c1-29-16-9-7-15(8-10-16)24-25-19(27)12-11-17(20-18(26)13-22-21(20)28)23-14-5-3-2-4-6-14/h2-10,24,26H,11-13H2,1H3,(H,22,28)(H,25,27). The normalized spacial score (nSPS) is 13.8. The van der Waals surface area contributed by atoms with Crippen molar-refractivity contribution < 1.29 is 19.4 Å². The van der Waals surface area contributed by atoms with E-state index in [2.05, 4.69) is 21.2 Å². The summed E-state index contributed by atoms with van der Waals surface area (Å²) in [4.78, 5) is 28.8. The van der Waals surface area contributed by atoms with Gasteiger partial charge < -0.3 is 15.2 Å². The van der Waals surface area contributed by atoms with E-state index in [1.54, 1.807) is 43.5 Å². The minimum absolute atomic E-state index is 0.0627. The van der Waals surface area contributed by atoms with Crippen LogP contribution in [0.3, 0.4) is 0 Å². The summed E-state index contributed by atoms with van der Waals surface area (Å²) in [5.41, 5.74) is 7.26. The predicted octanol–water partition coefficient (Wildman–Crippen LogP) is 2.63. The second-order valence-electron chi connectivity index (χ2n) is 6.30. The molecule has 0 aromatic heterocycles. The zero-order valence-electron chi connectivity index (χ0n) is 15.9. The number of rotatable bonds is 8. The predicted molar refractivity (Wildman–Crippen MR) is 110 cm³/mol. The van der Waals surface area contributed by atoms with Gasteiger partial charge in [-0.2, -0.15) is 0 Å². The van der Waals surface area contributed by atoms with E-state index in [0.717, 1.165) is 0 Å². The Bertz CT molecular complexity index is 937. The second-order valence-corrected chi connectivity index (χ2v) is 6.30. The van der Waals surface area contributed by atoms with Crippen molar-refractivity contribution in [3.63, 3.8) is 0 Å². The van der Waals surface area contributed by atoms with Gasteiger partial charge in [0.05, 0.1) is 30.7 Å². The van der Waals surface area contributed by atoms with Crippen molar-refractivity contribution in [3.8, 4) is 5.75 Å². The van der Waals surface area contributed by atoms with E-state index in [1.165, 1.54) is 0 Å². The topological polar surface area (TPSA) is 112 Å². The van der Waals surface area contributed by atoms with Gasteiger partial charge in [-0.3, -0.25) is 25.4 Å². The average Bonchev–Trinajstić information content (AvgIpc) is 3.08. The number of carbonyl (C=O) groups excluding carboxylic acids is 2. The molecule has 2 amide bonds. The zero-order valence-corrected chi connectivity index (χ0v) is 15.9. The number of para-hydroxylation sites is 1. The number of ether oxygens (including phenoxy) is 1. The lowest BCUT2D eigenvalue weighted by molar-refractivity contribution is -0.120. The number of hydrogen-bond donors (Lipinski definition) is 4. The molecular formula is C21H22N4O4. The highest BCUT2D eigenvalue weighted by molar-refractivity contribution is 6.24. The summed E-state index contributed by atoms with van der Waals surface area (Å²) < 4.78 is 5.09. The quantitative estimate of drug-likeness (QED) is 0.406. The van der Waals surface area contributed by atoms with Crippen LogP contribution in [0.1, 0.15) is 12.8 Å². The van der Waals surface area contributed by atoms with E-state index in [9.17, 15) is 14.7 Å². The highest BCUT2D eigenvalue weighted by atomic mass is 16.5. The summed E-state index contributed by atoms with van der Waals surface area (Å²) in [5.74, 6) is -0.0259. The number of anilines is 1. The van der Waals surface area contributed by atoms with Gasteiger partial charge in [-0.05, 0) is 42.8 Å². The van der Waals surface area contributed by atoms with Crippen LogP contribution in [0.2, 0.25) is 0 Å². The van der Waals surface area contributed by atoms with Crippen molar-refractivity contribution >= 4 is 28.9 Å². The van der Waals surface area contributed by atoms with Gasteiger partial charge in [0.1, 0.15) is 17.1 Å². The minimum atomic E-state index is -0.394. The van der Waals surface area contributed by atoms with Crippen LogP contribution in [0.15, 0.2) is 70.9 Å². The molecular weight excluding hydrogens is 372 g/mol. The van der Waals surface area contributed by atoms with Gasteiger partial charge in [0.25, 0.3) is 5.91 Å². The molecule has 1 heterocycles. The molecule has 150 valence electrons. The summed E-state index contributed by atoms with van der Waals surface area (Å²) >= 11 is 0. The van der Waals surface area contributed by atoms with Crippen LogP contribution in [0.4, 0.5) is 11.4 Å². The molecule has 0 saturated heterocycles. The van der Waals surface area contributed by atoms with Crippen LogP contribution in [-0.4, -0.2) is 36.3 Å². The SMILES string of the molecule is COc1ccc(NNC(=O)CCC(=Nc2ccccc2)C2=C(O)CNC2=O)cc1. The molecule has 2 aromatic carbocycles. The molecule has 0 unspecified atom stereocenters. The number of nitrogens with zero attached hydrogens (tertiary/aromatic N) is 1. The lowest BCUT2D eigenvalue weighted by Crippen LogP contribution is -2.30. The summed E-state index contributed by atoms with van der Waals surface area (Å²) in [6, 6.07) is 16.2. The lowest BCUT2D eigenvalue weighted by atomic mass is 10.0. The molecule has 0 radical (unpaired) electrons. The zero-order chi connectivity index (χ0) is 20.6. The molecule has 29 heavy (non-hydrogen) atoms. The van der Waals surface area contributed by atoms with Gasteiger partial charge in [0.15, 0.2) is 0 Å². The summed E-state index contributed by atoms with van der Waals surface area (Å²) in [7, 11) is 1.58. The van der Waals surface area contributed by atoms with E-state index >= 15 is 0 Å². The van der Waals surface area contributed by atoms with Crippen LogP contribution >= 0.6 is 0 Å². The van der Waals surface area contributed by atoms with Crippen LogP contribution in [0.5, 0.6) is 5.75 Å². The Hall–Kier alpha value is -3.81. The first-order valence-electron chi connectivity index (χ1n) is 9.09. The number of nitrogens with one attached hydrogen (secondary N) is 3. The molecule has 2 aromatic rings. The Morgan fingerprint density at radius 1 is 1.14 bits per heavy atom. The van der Waals surface area contributed by atoms with Crippen LogP contribution in [0.25, 0.3) is 0 Å². The fourth-order valence-electron chi connectivity index (χ4n) is 2.78. The first-order valence-corrected chi connectivity index (χ1v) is 9.09. The maximum absolute atomic E-state index is 12.2. The van der Waals surface area contributed by atoms with Gasteiger partial charge in [0, 0.05) is 6.42 Å². The van der Waals surface area contributed by atoms with Crippen LogP contribution in [-0.2, 0) is 9.59 Å². The van der Waals surface area contributed by atoms with Gasteiger partial charge in [-0.15, -0.1) is 0 Å².